The summed E-state index contributed by atoms with van der Waals surface area (Å²) in [7, 11) is 1.63. The summed E-state index contributed by atoms with van der Waals surface area (Å²) >= 11 is 0. The Labute approximate surface area is 235 Å². The van der Waals surface area contributed by atoms with Crippen molar-refractivity contribution < 1.29 is 34.3 Å². The Morgan fingerprint density at radius 2 is 1.85 bits per heavy atom. The molecule has 1 aliphatic rings. The van der Waals surface area contributed by atoms with Gasteiger partial charge in [-0.05, 0) is 84.3 Å². The molecule has 7 nitrogen and oxygen atoms in total. The molecule has 222 valence electrons. The number of carbonyl (C=O) groups excluding carboxylic acids is 1. The van der Waals surface area contributed by atoms with Crippen LogP contribution in [0.1, 0.15) is 80.1 Å². The van der Waals surface area contributed by atoms with Gasteiger partial charge in [0.05, 0.1) is 31.0 Å². The van der Waals surface area contributed by atoms with Crippen LogP contribution in [0.15, 0.2) is 58.7 Å². The number of aliphatic hydroxyl groups excluding tert-OH is 3. The maximum Gasteiger partial charge on any atom is 0.184 e. The lowest BCUT2D eigenvalue weighted by Crippen LogP contribution is -2.41. The molecule has 1 rings (SSSR count). The van der Waals surface area contributed by atoms with E-state index in [0.29, 0.717) is 18.4 Å². The zero-order valence-electron chi connectivity index (χ0n) is 25.0. The van der Waals surface area contributed by atoms with Crippen LogP contribution in [0.25, 0.3) is 0 Å². The Morgan fingerprint density at radius 3 is 2.46 bits per heavy atom. The average molecular weight is 549 g/mol. The highest BCUT2D eigenvalue weighted by Gasteiger charge is 2.30. The largest absolute Gasteiger partial charge is 0.393 e. The van der Waals surface area contributed by atoms with Gasteiger partial charge in [0.2, 0.25) is 0 Å². The fourth-order valence-electron chi connectivity index (χ4n) is 4.45. The van der Waals surface area contributed by atoms with Crippen molar-refractivity contribution in [1.29, 1.82) is 0 Å². The highest BCUT2D eigenvalue weighted by molar-refractivity contribution is 5.74. The fraction of sp³-hybridized carbons (Fsp3) is 0.656. The Hall–Kier alpha value is -1.87. The van der Waals surface area contributed by atoms with E-state index >= 15 is 0 Å². The Balaban J connectivity index is 2.69. The molecule has 7 heteroatoms. The van der Waals surface area contributed by atoms with E-state index in [2.05, 4.69) is 6.08 Å². The monoisotopic (exact) mass is 548 g/mol. The van der Waals surface area contributed by atoms with E-state index in [1.165, 1.54) is 0 Å². The number of rotatable bonds is 17. The molecule has 0 amide bonds. The molecule has 0 aromatic carbocycles. The van der Waals surface area contributed by atoms with Crippen LogP contribution in [0, 0.1) is 5.92 Å². The lowest BCUT2D eigenvalue weighted by Gasteiger charge is -2.34. The minimum absolute atomic E-state index is 0.0865. The maximum absolute atomic E-state index is 11.5. The zero-order valence-corrected chi connectivity index (χ0v) is 25.0. The molecule has 1 aliphatic heterocycles. The summed E-state index contributed by atoms with van der Waals surface area (Å²) in [6.45, 7) is 11.7. The number of hydrogen-bond donors (Lipinski definition) is 3. The van der Waals surface area contributed by atoms with Gasteiger partial charge in [-0.3, -0.25) is 4.79 Å². The smallest absolute Gasteiger partial charge is 0.184 e. The van der Waals surface area contributed by atoms with Crippen LogP contribution < -0.4 is 0 Å². The molecule has 0 aliphatic carbocycles. The predicted molar refractivity (Wildman–Crippen MR) is 156 cm³/mol. The number of allylic oxidation sites excluding steroid dienone is 5. The third kappa shape index (κ3) is 13.8. The normalized spacial score (nSPS) is 25.0. The van der Waals surface area contributed by atoms with E-state index in [0.717, 1.165) is 48.7 Å². The van der Waals surface area contributed by atoms with Crippen LogP contribution in [-0.4, -0.2) is 72.1 Å². The molecule has 0 radical (unpaired) electrons. The van der Waals surface area contributed by atoms with Gasteiger partial charge in [0.15, 0.2) is 6.29 Å². The number of carbonyl (C=O) groups is 1. The minimum atomic E-state index is -0.696. The van der Waals surface area contributed by atoms with Gasteiger partial charge in [-0.2, -0.15) is 0 Å². The van der Waals surface area contributed by atoms with Gasteiger partial charge in [-0.15, -0.1) is 0 Å². The van der Waals surface area contributed by atoms with Gasteiger partial charge in [0.25, 0.3) is 0 Å². The van der Waals surface area contributed by atoms with E-state index < -0.39 is 18.5 Å². The third-order valence-electron chi connectivity index (χ3n) is 7.05. The lowest BCUT2D eigenvalue weighted by atomic mass is 9.90. The summed E-state index contributed by atoms with van der Waals surface area (Å²) in [6.07, 6.45) is 14.1. The molecule has 0 saturated carbocycles. The third-order valence-corrected chi connectivity index (χ3v) is 7.05. The van der Waals surface area contributed by atoms with E-state index in [1.807, 2.05) is 52.8 Å². The van der Waals surface area contributed by atoms with Crippen molar-refractivity contribution in [2.75, 3.05) is 13.7 Å². The van der Waals surface area contributed by atoms with Crippen LogP contribution >= 0.6 is 0 Å². The highest BCUT2D eigenvalue weighted by atomic mass is 16.7. The molecule has 0 spiro atoms. The van der Waals surface area contributed by atoms with Gasteiger partial charge in [0, 0.05) is 18.6 Å². The van der Waals surface area contributed by atoms with Crippen molar-refractivity contribution in [2.24, 2.45) is 5.92 Å². The second-order valence-corrected chi connectivity index (χ2v) is 10.7. The van der Waals surface area contributed by atoms with Gasteiger partial charge in [0.1, 0.15) is 12.4 Å². The molecule has 7 atom stereocenters. The van der Waals surface area contributed by atoms with Crippen LogP contribution in [0.4, 0.5) is 0 Å². The Kier molecular flexibility index (Phi) is 17.4. The standard InChI is InChI=1S/C32H52O7/c1-8-28(31(36)24(4)18-22(2)12-11-13-25(5)34)19-23(3)29(35)15-10-9-14-27(20-33)21-38-32-30(37-7)17-16-26(6)39-32/h9-10,12,14,18-20,25-26,28-32,34-36H,8,11,13,15-17,21H2,1-7H3/b10-9+,22-12+,23-19+,24-18+,27-14-/t25?,26?,28?,29?,30?,31-,32?/m0/s1. The Bertz CT molecular complexity index is 868. The molecule has 6 unspecified atom stereocenters. The van der Waals surface area contributed by atoms with Crippen molar-refractivity contribution in [1.82, 2.24) is 0 Å². The number of aldehydes is 1. The van der Waals surface area contributed by atoms with Crippen molar-refractivity contribution in [3.05, 3.63) is 58.7 Å². The van der Waals surface area contributed by atoms with Crippen molar-refractivity contribution in [3.8, 4) is 0 Å². The second-order valence-electron chi connectivity index (χ2n) is 10.7. The minimum Gasteiger partial charge on any atom is -0.393 e. The summed E-state index contributed by atoms with van der Waals surface area (Å²) in [5.41, 5.74) is 3.18. The first-order valence-electron chi connectivity index (χ1n) is 14.2. The molecule has 1 fully saturated rings. The number of ether oxygens (including phenoxy) is 3. The first-order valence-corrected chi connectivity index (χ1v) is 14.2. The molecule has 0 bridgehead atoms. The molecule has 0 aromatic heterocycles. The summed E-state index contributed by atoms with van der Waals surface area (Å²) in [4.78, 5) is 11.5. The predicted octanol–water partition coefficient (Wildman–Crippen LogP) is 5.36. The molecule has 39 heavy (non-hydrogen) atoms. The van der Waals surface area contributed by atoms with Crippen LogP contribution in [0.3, 0.4) is 0 Å². The van der Waals surface area contributed by atoms with Gasteiger partial charge in [-0.1, -0.05) is 49.0 Å². The first-order chi connectivity index (χ1) is 18.5. The summed E-state index contributed by atoms with van der Waals surface area (Å²) < 4.78 is 17.0. The molecular formula is C32H52O7. The van der Waals surface area contributed by atoms with E-state index in [-0.39, 0.29) is 30.8 Å². The zero-order chi connectivity index (χ0) is 29.4. The van der Waals surface area contributed by atoms with Crippen molar-refractivity contribution in [3.63, 3.8) is 0 Å². The van der Waals surface area contributed by atoms with E-state index in [1.54, 1.807) is 26.2 Å². The van der Waals surface area contributed by atoms with Gasteiger partial charge in [-0.25, -0.2) is 0 Å². The summed E-state index contributed by atoms with van der Waals surface area (Å²) in [5.74, 6) is -0.121. The van der Waals surface area contributed by atoms with Gasteiger partial charge >= 0.3 is 0 Å². The SMILES string of the molecule is CCC(/C=C(\C)C(O)C/C=C/C=C(/C=O)COC1OC(C)CCC1OC)[C@@H](O)/C(C)=C/C(C)=C/CCC(C)O. The van der Waals surface area contributed by atoms with Gasteiger partial charge < -0.3 is 29.5 Å². The summed E-state index contributed by atoms with van der Waals surface area (Å²) in [5, 5.41) is 31.0. The summed E-state index contributed by atoms with van der Waals surface area (Å²) in [6, 6.07) is 0. The number of aliphatic hydroxyl groups is 3. The van der Waals surface area contributed by atoms with E-state index in [9.17, 15) is 20.1 Å². The van der Waals surface area contributed by atoms with Crippen LogP contribution in [-0.2, 0) is 19.0 Å². The average Bonchev–Trinajstić information content (AvgIpc) is 2.90. The second kappa shape index (κ2) is 19.2. The van der Waals surface area contributed by atoms with Crippen LogP contribution in [0.5, 0.6) is 0 Å². The first kappa shape index (κ1) is 35.2. The van der Waals surface area contributed by atoms with Crippen molar-refractivity contribution in [2.45, 2.75) is 117 Å². The van der Waals surface area contributed by atoms with Crippen LogP contribution in [0.2, 0.25) is 0 Å². The highest BCUT2D eigenvalue weighted by Crippen LogP contribution is 2.24. The molecule has 1 saturated heterocycles. The molecule has 3 N–H and O–H groups in total. The Morgan fingerprint density at radius 1 is 1.13 bits per heavy atom. The topological polar surface area (TPSA) is 105 Å². The van der Waals surface area contributed by atoms with Crippen molar-refractivity contribution >= 4 is 6.29 Å². The number of hydrogen-bond acceptors (Lipinski definition) is 7. The quantitative estimate of drug-likeness (QED) is 0.0972. The fourth-order valence-corrected chi connectivity index (χ4v) is 4.45. The molecular weight excluding hydrogens is 496 g/mol. The van der Waals surface area contributed by atoms with E-state index in [4.69, 9.17) is 14.2 Å². The lowest BCUT2D eigenvalue weighted by molar-refractivity contribution is -0.238. The molecule has 1 heterocycles. The molecule has 0 aromatic rings. The number of methoxy groups -OCH3 is 1. The maximum atomic E-state index is 11.5.